The SMILES string of the molecule is COc1ccc(CNC(=O)C(N)CCS(C)(=O)=O)cn1. The second-order valence-corrected chi connectivity index (χ2v) is 6.71. The quantitative estimate of drug-likeness (QED) is 0.700. The molecule has 8 heteroatoms. The summed E-state index contributed by atoms with van der Waals surface area (Å²) in [6.45, 7) is 0.280. The van der Waals surface area contributed by atoms with E-state index in [1.54, 1.807) is 18.3 Å². The first-order valence-corrected chi connectivity index (χ1v) is 8.08. The number of nitrogens with zero attached hydrogens (tertiary/aromatic N) is 1. The number of hydrogen-bond acceptors (Lipinski definition) is 6. The topological polar surface area (TPSA) is 111 Å². The number of nitrogens with one attached hydrogen (secondary N) is 1. The van der Waals surface area contributed by atoms with Crippen LogP contribution in [0, 0.1) is 0 Å². The number of methoxy groups -OCH3 is 1. The van der Waals surface area contributed by atoms with E-state index in [0.717, 1.165) is 11.8 Å². The van der Waals surface area contributed by atoms with E-state index in [1.165, 1.54) is 7.11 Å². The lowest BCUT2D eigenvalue weighted by atomic mass is 10.2. The van der Waals surface area contributed by atoms with Gasteiger partial charge in [0.15, 0.2) is 0 Å². The Labute approximate surface area is 118 Å². The zero-order valence-electron chi connectivity index (χ0n) is 11.5. The molecule has 0 aliphatic carbocycles. The highest BCUT2D eigenvalue weighted by Gasteiger charge is 2.15. The molecule has 1 atom stereocenters. The predicted molar refractivity (Wildman–Crippen MR) is 74.9 cm³/mol. The third kappa shape index (κ3) is 5.98. The maximum absolute atomic E-state index is 11.7. The molecular formula is C12H19N3O4S. The summed E-state index contributed by atoms with van der Waals surface area (Å²) in [5.74, 6) is 0.000446. The van der Waals surface area contributed by atoms with Crippen molar-refractivity contribution in [3.63, 3.8) is 0 Å². The van der Waals surface area contributed by atoms with Crippen LogP contribution in [0.15, 0.2) is 18.3 Å². The third-order valence-corrected chi connectivity index (χ3v) is 3.59. The van der Waals surface area contributed by atoms with Crippen LogP contribution < -0.4 is 15.8 Å². The molecule has 0 saturated carbocycles. The van der Waals surface area contributed by atoms with Gasteiger partial charge in [-0.3, -0.25) is 4.79 Å². The van der Waals surface area contributed by atoms with E-state index in [1.807, 2.05) is 0 Å². The van der Waals surface area contributed by atoms with Crippen molar-refractivity contribution in [2.45, 2.75) is 19.0 Å². The highest BCUT2D eigenvalue weighted by atomic mass is 32.2. The highest BCUT2D eigenvalue weighted by molar-refractivity contribution is 7.90. The van der Waals surface area contributed by atoms with Crippen molar-refractivity contribution in [2.75, 3.05) is 19.1 Å². The zero-order valence-corrected chi connectivity index (χ0v) is 12.3. The molecule has 112 valence electrons. The van der Waals surface area contributed by atoms with Gasteiger partial charge in [0.25, 0.3) is 0 Å². The van der Waals surface area contributed by atoms with Gasteiger partial charge < -0.3 is 15.8 Å². The molecule has 1 heterocycles. The van der Waals surface area contributed by atoms with Crippen molar-refractivity contribution in [1.82, 2.24) is 10.3 Å². The second kappa shape index (κ2) is 7.20. The number of carbonyl (C=O) groups excluding carboxylic acids is 1. The molecule has 1 rings (SSSR count). The summed E-state index contributed by atoms with van der Waals surface area (Å²) >= 11 is 0. The number of rotatable bonds is 7. The largest absolute Gasteiger partial charge is 0.481 e. The average molecular weight is 301 g/mol. The summed E-state index contributed by atoms with van der Waals surface area (Å²) in [4.78, 5) is 15.7. The van der Waals surface area contributed by atoms with Gasteiger partial charge in [0.1, 0.15) is 9.84 Å². The molecule has 20 heavy (non-hydrogen) atoms. The van der Waals surface area contributed by atoms with Crippen LogP contribution in [-0.2, 0) is 21.2 Å². The Kier molecular flexibility index (Phi) is 5.90. The first kappa shape index (κ1) is 16.4. The van der Waals surface area contributed by atoms with E-state index in [2.05, 4.69) is 10.3 Å². The first-order valence-electron chi connectivity index (χ1n) is 6.02. The number of aromatic nitrogens is 1. The smallest absolute Gasteiger partial charge is 0.237 e. The van der Waals surface area contributed by atoms with Gasteiger partial charge in [-0.15, -0.1) is 0 Å². The van der Waals surface area contributed by atoms with E-state index in [0.29, 0.717) is 5.88 Å². The molecule has 0 radical (unpaired) electrons. The normalized spacial score (nSPS) is 12.8. The number of hydrogen-bond donors (Lipinski definition) is 2. The van der Waals surface area contributed by atoms with Crippen LogP contribution in [0.2, 0.25) is 0 Å². The maximum Gasteiger partial charge on any atom is 0.237 e. The molecule has 1 amide bonds. The van der Waals surface area contributed by atoms with Crippen LogP contribution in [0.5, 0.6) is 5.88 Å². The minimum Gasteiger partial charge on any atom is -0.481 e. The van der Waals surface area contributed by atoms with E-state index in [9.17, 15) is 13.2 Å². The Balaban J connectivity index is 2.41. The first-order chi connectivity index (χ1) is 9.31. The Bertz CT molecular complexity index is 542. The average Bonchev–Trinajstić information content (AvgIpc) is 2.41. The third-order valence-electron chi connectivity index (χ3n) is 2.61. The van der Waals surface area contributed by atoms with Crippen molar-refractivity contribution in [1.29, 1.82) is 0 Å². The summed E-state index contributed by atoms with van der Waals surface area (Å²) in [7, 11) is -1.59. The lowest BCUT2D eigenvalue weighted by Crippen LogP contribution is -2.41. The van der Waals surface area contributed by atoms with Gasteiger partial charge in [0, 0.05) is 25.1 Å². The van der Waals surface area contributed by atoms with Gasteiger partial charge in [0.05, 0.1) is 18.9 Å². The minimum atomic E-state index is -3.11. The molecule has 0 aliphatic heterocycles. The molecule has 0 aromatic carbocycles. The summed E-state index contributed by atoms with van der Waals surface area (Å²) in [6.07, 6.45) is 2.80. The molecular weight excluding hydrogens is 282 g/mol. The Morgan fingerprint density at radius 2 is 2.20 bits per heavy atom. The predicted octanol–water partition coefficient (Wildman–Crippen LogP) is -0.532. The Hall–Kier alpha value is -1.67. The molecule has 1 aromatic rings. The summed E-state index contributed by atoms with van der Waals surface area (Å²) in [5.41, 5.74) is 6.42. The lowest BCUT2D eigenvalue weighted by molar-refractivity contribution is -0.122. The Morgan fingerprint density at radius 3 is 2.70 bits per heavy atom. The molecule has 7 nitrogen and oxygen atoms in total. The van der Waals surface area contributed by atoms with E-state index < -0.39 is 15.9 Å². The number of amides is 1. The van der Waals surface area contributed by atoms with Gasteiger partial charge in [-0.2, -0.15) is 0 Å². The van der Waals surface area contributed by atoms with Gasteiger partial charge >= 0.3 is 0 Å². The molecule has 1 aromatic heterocycles. The fourth-order valence-electron chi connectivity index (χ4n) is 1.43. The summed E-state index contributed by atoms with van der Waals surface area (Å²) in [5, 5.41) is 2.63. The van der Waals surface area contributed by atoms with E-state index in [-0.39, 0.29) is 24.6 Å². The van der Waals surface area contributed by atoms with Crippen molar-refractivity contribution < 1.29 is 17.9 Å². The summed E-state index contributed by atoms with van der Waals surface area (Å²) in [6, 6.07) is 2.62. The standard InChI is InChI=1S/C12H19N3O4S/c1-19-11-4-3-9(7-14-11)8-15-12(16)10(13)5-6-20(2,17)18/h3-4,7,10H,5-6,8,13H2,1-2H3,(H,15,16). The molecule has 0 fully saturated rings. The second-order valence-electron chi connectivity index (χ2n) is 4.45. The molecule has 0 bridgehead atoms. The fourth-order valence-corrected chi connectivity index (χ4v) is 2.11. The van der Waals surface area contributed by atoms with Gasteiger partial charge in [-0.05, 0) is 12.0 Å². The van der Waals surface area contributed by atoms with Crippen LogP contribution >= 0.6 is 0 Å². The molecule has 1 unspecified atom stereocenters. The minimum absolute atomic E-state index is 0.103. The van der Waals surface area contributed by atoms with Crippen molar-refractivity contribution in [2.24, 2.45) is 5.73 Å². The highest BCUT2D eigenvalue weighted by Crippen LogP contribution is 2.06. The van der Waals surface area contributed by atoms with Gasteiger partial charge in [-0.25, -0.2) is 13.4 Å². The number of pyridine rings is 1. The molecule has 0 aliphatic rings. The maximum atomic E-state index is 11.7. The van der Waals surface area contributed by atoms with Crippen molar-refractivity contribution in [3.8, 4) is 5.88 Å². The van der Waals surface area contributed by atoms with Crippen LogP contribution in [0.3, 0.4) is 0 Å². The van der Waals surface area contributed by atoms with Gasteiger partial charge in [0.2, 0.25) is 11.8 Å². The van der Waals surface area contributed by atoms with E-state index >= 15 is 0 Å². The number of ether oxygens (including phenoxy) is 1. The van der Waals surface area contributed by atoms with Crippen molar-refractivity contribution >= 4 is 15.7 Å². The van der Waals surface area contributed by atoms with Crippen LogP contribution in [0.4, 0.5) is 0 Å². The zero-order chi connectivity index (χ0) is 15.2. The molecule has 0 spiro atoms. The Morgan fingerprint density at radius 1 is 1.50 bits per heavy atom. The van der Waals surface area contributed by atoms with Crippen LogP contribution in [0.25, 0.3) is 0 Å². The number of sulfone groups is 1. The lowest BCUT2D eigenvalue weighted by Gasteiger charge is -2.11. The van der Waals surface area contributed by atoms with E-state index in [4.69, 9.17) is 10.5 Å². The molecule has 0 saturated heterocycles. The van der Waals surface area contributed by atoms with Crippen molar-refractivity contribution in [3.05, 3.63) is 23.9 Å². The number of nitrogens with two attached hydrogens (primary N) is 1. The summed E-state index contributed by atoms with van der Waals surface area (Å²) < 4.78 is 26.9. The monoisotopic (exact) mass is 301 g/mol. The van der Waals surface area contributed by atoms with Gasteiger partial charge in [-0.1, -0.05) is 6.07 Å². The van der Waals surface area contributed by atoms with Crippen LogP contribution in [-0.4, -0.2) is 44.5 Å². The van der Waals surface area contributed by atoms with Crippen LogP contribution in [0.1, 0.15) is 12.0 Å². The number of carbonyl (C=O) groups is 1. The fraction of sp³-hybridized carbons (Fsp3) is 0.500. The molecule has 3 N–H and O–H groups in total.